The molecule has 112 valence electrons. The van der Waals surface area contributed by atoms with Crippen LogP contribution in [0.1, 0.15) is 28.9 Å². The molecule has 6 N–H and O–H groups in total. The van der Waals surface area contributed by atoms with Gasteiger partial charge in [-0.05, 0) is 19.3 Å². The Morgan fingerprint density at radius 3 is 2.75 bits per heavy atom. The number of hydrogen-bond donors (Lipinski definition) is 4. The fraction of sp³-hybridized carbons (Fsp3) is 0.600. The van der Waals surface area contributed by atoms with E-state index in [9.17, 15) is 13.2 Å². The lowest BCUT2D eigenvalue weighted by molar-refractivity contribution is 0.0958. The van der Waals surface area contributed by atoms with Gasteiger partial charge in [-0.1, -0.05) is 11.3 Å². The van der Waals surface area contributed by atoms with Crippen molar-refractivity contribution in [2.24, 2.45) is 5.14 Å². The molecule has 8 nitrogen and oxygen atoms in total. The van der Waals surface area contributed by atoms with E-state index in [4.69, 9.17) is 10.9 Å². The number of nitrogen functional groups attached to an aromatic ring is 1. The second-order valence-electron chi connectivity index (χ2n) is 4.63. The summed E-state index contributed by atoms with van der Waals surface area (Å²) in [6, 6.07) is 0.436. The first-order valence-corrected chi connectivity index (χ1v) is 8.70. The fourth-order valence-corrected chi connectivity index (χ4v) is 2.94. The monoisotopic (exact) mass is 319 g/mol. The molecule has 1 aromatic rings. The molecule has 1 amide bonds. The number of anilines is 2. The van der Waals surface area contributed by atoms with Crippen molar-refractivity contribution in [2.45, 2.75) is 25.3 Å². The maximum Gasteiger partial charge on any atom is 0.265 e. The van der Waals surface area contributed by atoms with E-state index in [1.807, 2.05) is 0 Å². The van der Waals surface area contributed by atoms with Gasteiger partial charge >= 0.3 is 0 Å². The van der Waals surface area contributed by atoms with Crippen molar-refractivity contribution in [1.29, 1.82) is 0 Å². The highest BCUT2D eigenvalue weighted by Crippen LogP contribution is 2.30. The van der Waals surface area contributed by atoms with Crippen LogP contribution in [0.3, 0.4) is 0 Å². The van der Waals surface area contributed by atoms with Gasteiger partial charge in [0.05, 0.1) is 5.75 Å². The number of carbonyl (C=O) groups excluding carboxylic acids is 1. The molecule has 0 aliphatic heterocycles. The SMILES string of the molecule is Nc1nc(NC2CC2)sc1C(=O)NCCCS(N)(=O)=O. The van der Waals surface area contributed by atoms with Crippen molar-refractivity contribution >= 4 is 38.2 Å². The van der Waals surface area contributed by atoms with Crippen LogP contribution >= 0.6 is 11.3 Å². The van der Waals surface area contributed by atoms with Gasteiger partial charge in [-0.2, -0.15) is 0 Å². The van der Waals surface area contributed by atoms with Crippen LogP contribution in [0, 0.1) is 0 Å². The van der Waals surface area contributed by atoms with Gasteiger partial charge in [-0.3, -0.25) is 4.79 Å². The molecule has 20 heavy (non-hydrogen) atoms. The van der Waals surface area contributed by atoms with E-state index in [1.165, 1.54) is 11.3 Å². The lowest BCUT2D eigenvalue weighted by Gasteiger charge is -2.02. The normalized spacial score (nSPS) is 15.1. The molecular formula is C10H17N5O3S2. The van der Waals surface area contributed by atoms with E-state index in [-0.39, 0.29) is 30.4 Å². The van der Waals surface area contributed by atoms with Crippen LogP contribution in [0.2, 0.25) is 0 Å². The number of sulfonamides is 1. The minimum atomic E-state index is -3.49. The van der Waals surface area contributed by atoms with E-state index < -0.39 is 10.0 Å². The number of thiazole rings is 1. The van der Waals surface area contributed by atoms with E-state index in [0.717, 1.165) is 12.8 Å². The largest absolute Gasteiger partial charge is 0.382 e. The highest BCUT2D eigenvalue weighted by Gasteiger charge is 2.24. The number of primary sulfonamides is 1. The number of nitrogens with one attached hydrogen (secondary N) is 2. The Morgan fingerprint density at radius 2 is 2.15 bits per heavy atom. The smallest absolute Gasteiger partial charge is 0.265 e. The van der Waals surface area contributed by atoms with Crippen LogP contribution in [-0.4, -0.2) is 37.6 Å². The number of carbonyl (C=O) groups is 1. The quantitative estimate of drug-likeness (QED) is 0.509. The lowest BCUT2D eigenvalue weighted by Crippen LogP contribution is -2.27. The average Bonchev–Trinajstić information content (AvgIpc) is 3.06. The molecule has 1 saturated carbocycles. The predicted octanol–water partition coefficient (Wildman–Crippen LogP) is -0.292. The van der Waals surface area contributed by atoms with Crippen LogP contribution < -0.4 is 21.5 Å². The molecule has 1 fully saturated rings. The Hall–Kier alpha value is -1.39. The molecule has 1 heterocycles. The molecule has 2 rings (SSSR count). The van der Waals surface area contributed by atoms with Gasteiger partial charge in [0.2, 0.25) is 10.0 Å². The molecule has 10 heteroatoms. The van der Waals surface area contributed by atoms with Gasteiger partial charge in [0.1, 0.15) is 10.7 Å². The number of nitrogens with zero attached hydrogens (tertiary/aromatic N) is 1. The number of aromatic nitrogens is 1. The Morgan fingerprint density at radius 1 is 1.45 bits per heavy atom. The molecule has 1 aromatic heterocycles. The van der Waals surface area contributed by atoms with E-state index in [2.05, 4.69) is 15.6 Å². The number of hydrogen-bond acceptors (Lipinski definition) is 7. The first-order chi connectivity index (χ1) is 9.35. The molecule has 1 aliphatic rings. The zero-order valence-electron chi connectivity index (χ0n) is 10.8. The molecule has 1 aliphatic carbocycles. The second-order valence-corrected chi connectivity index (χ2v) is 7.36. The van der Waals surface area contributed by atoms with Gasteiger partial charge in [-0.15, -0.1) is 0 Å². The summed E-state index contributed by atoms with van der Waals surface area (Å²) >= 11 is 1.20. The Bertz CT molecular complexity index is 594. The van der Waals surface area contributed by atoms with E-state index >= 15 is 0 Å². The van der Waals surface area contributed by atoms with Gasteiger partial charge in [0.15, 0.2) is 5.13 Å². The minimum absolute atomic E-state index is 0.167. The fourth-order valence-electron chi connectivity index (χ4n) is 1.51. The van der Waals surface area contributed by atoms with Crippen molar-refractivity contribution in [3.8, 4) is 0 Å². The first-order valence-electron chi connectivity index (χ1n) is 6.16. The predicted molar refractivity (Wildman–Crippen MR) is 78.1 cm³/mol. The summed E-state index contributed by atoms with van der Waals surface area (Å²) < 4.78 is 21.5. The maximum absolute atomic E-state index is 11.9. The van der Waals surface area contributed by atoms with Crippen LogP contribution in [0.4, 0.5) is 10.9 Å². The molecule has 0 bridgehead atoms. The third kappa shape index (κ3) is 4.62. The van der Waals surface area contributed by atoms with Gasteiger partial charge in [0.25, 0.3) is 5.91 Å². The highest BCUT2D eigenvalue weighted by molar-refractivity contribution is 7.89. The number of amides is 1. The summed E-state index contributed by atoms with van der Waals surface area (Å²) in [7, 11) is -3.49. The lowest BCUT2D eigenvalue weighted by atomic mass is 10.4. The number of rotatable bonds is 7. The molecule has 0 atom stereocenters. The topological polar surface area (TPSA) is 140 Å². The van der Waals surface area contributed by atoms with Crippen molar-refractivity contribution in [3.63, 3.8) is 0 Å². The molecule has 0 saturated heterocycles. The highest BCUT2D eigenvalue weighted by atomic mass is 32.2. The van der Waals surface area contributed by atoms with Crippen LogP contribution in [0.25, 0.3) is 0 Å². The van der Waals surface area contributed by atoms with Gasteiger partial charge < -0.3 is 16.4 Å². The summed E-state index contributed by atoms with van der Waals surface area (Å²) in [5.74, 6) is -0.333. The molecule has 0 spiro atoms. The molecule has 0 unspecified atom stereocenters. The summed E-state index contributed by atoms with van der Waals surface area (Å²) in [6.07, 6.45) is 2.47. The van der Waals surface area contributed by atoms with Crippen molar-refractivity contribution in [3.05, 3.63) is 4.88 Å². The zero-order valence-corrected chi connectivity index (χ0v) is 12.4. The van der Waals surface area contributed by atoms with Crippen molar-refractivity contribution < 1.29 is 13.2 Å². The minimum Gasteiger partial charge on any atom is -0.382 e. The van der Waals surface area contributed by atoms with Crippen molar-refractivity contribution in [1.82, 2.24) is 10.3 Å². The van der Waals surface area contributed by atoms with E-state index in [0.29, 0.717) is 16.1 Å². The maximum atomic E-state index is 11.9. The summed E-state index contributed by atoms with van der Waals surface area (Å²) in [5.41, 5.74) is 5.69. The van der Waals surface area contributed by atoms with Gasteiger partial charge in [0, 0.05) is 12.6 Å². The Labute approximate surface area is 121 Å². The zero-order chi connectivity index (χ0) is 14.8. The number of nitrogens with two attached hydrogens (primary N) is 2. The summed E-state index contributed by atoms with van der Waals surface area (Å²) in [6.45, 7) is 0.220. The standard InChI is InChI=1S/C10H17N5O3S2/c11-8-7(19-10(15-8)14-6-2-3-6)9(16)13-4-1-5-20(12,17)18/h6H,1-5,11H2,(H,13,16)(H,14,15)(H2,12,17,18). The average molecular weight is 319 g/mol. The molecular weight excluding hydrogens is 302 g/mol. The van der Waals surface area contributed by atoms with Crippen molar-refractivity contribution in [2.75, 3.05) is 23.3 Å². The molecule has 0 aromatic carbocycles. The Kier molecular flexibility index (Phi) is 4.45. The summed E-state index contributed by atoms with van der Waals surface area (Å²) in [5, 5.41) is 11.3. The van der Waals surface area contributed by atoms with Crippen LogP contribution in [0.15, 0.2) is 0 Å². The van der Waals surface area contributed by atoms with E-state index in [1.54, 1.807) is 0 Å². The summed E-state index contributed by atoms with van der Waals surface area (Å²) in [4.78, 5) is 16.3. The second kappa shape index (κ2) is 5.94. The Balaban J connectivity index is 1.83. The van der Waals surface area contributed by atoms with Crippen LogP contribution in [0.5, 0.6) is 0 Å². The third-order valence-electron chi connectivity index (χ3n) is 2.66. The first kappa shape index (κ1) is 15.0. The van der Waals surface area contributed by atoms with Gasteiger partial charge in [-0.25, -0.2) is 18.5 Å². The molecule has 0 radical (unpaired) electrons. The van der Waals surface area contributed by atoms with Crippen LogP contribution in [-0.2, 0) is 10.0 Å². The third-order valence-corrected chi connectivity index (χ3v) is 4.51.